The Balaban J connectivity index is 2.13. The fraction of sp³-hybridized carbons (Fsp3) is 0.938. The molecule has 122 valence electrons. The maximum atomic E-state index is 13.2. The zero-order valence-corrected chi connectivity index (χ0v) is 13.3. The summed E-state index contributed by atoms with van der Waals surface area (Å²) in [6, 6.07) is 0.307. The van der Waals surface area contributed by atoms with Crippen molar-refractivity contribution in [2.75, 3.05) is 40.0 Å². The van der Waals surface area contributed by atoms with E-state index in [2.05, 4.69) is 5.32 Å². The van der Waals surface area contributed by atoms with Gasteiger partial charge in [-0.3, -0.25) is 4.79 Å². The van der Waals surface area contributed by atoms with Crippen LogP contribution >= 0.6 is 0 Å². The average molecular weight is 298 g/mol. The summed E-state index contributed by atoms with van der Waals surface area (Å²) in [5.41, 5.74) is -0.396. The number of nitrogens with one attached hydrogen (secondary N) is 1. The van der Waals surface area contributed by atoms with Crippen LogP contribution in [0.3, 0.4) is 0 Å². The van der Waals surface area contributed by atoms with Crippen molar-refractivity contribution in [3.63, 3.8) is 0 Å². The second-order valence-corrected chi connectivity index (χ2v) is 6.48. The Morgan fingerprint density at radius 2 is 1.95 bits per heavy atom. The first kappa shape index (κ1) is 16.7. The molecular weight excluding hydrogens is 268 g/mol. The van der Waals surface area contributed by atoms with Gasteiger partial charge in [0, 0.05) is 19.7 Å². The molecule has 21 heavy (non-hydrogen) atoms. The van der Waals surface area contributed by atoms with Gasteiger partial charge in [-0.05, 0) is 38.8 Å². The maximum Gasteiger partial charge on any atom is 0.231 e. The highest BCUT2D eigenvalue weighted by Gasteiger charge is 2.43. The van der Waals surface area contributed by atoms with Crippen LogP contribution in [0.25, 0.3) is 0 Å². The fourth-order valence-electron chi connectivity index (χ4n) is 3.86. The summed E-state index contributed by atoms with van der Waals surface area (Å²) in [5.74, 6) is 0.201. The molecule has 0 atom stereocenters. The Morgan fingerprint density at radius 3 is 2.52 bits per heavy atom. The lowest BCUT2D eigenvalue weighted by Gasteiger charge is -2.43. The highest BCUT2D eigenvalue weighted by atomic mass is 16.5. The number of piperidine rings is 1. The van der Waals surface area contributed by atoms with Gasteiger partial charge in [-0.25, -0.2) is 0 Å². The number of carbonyl (C=O) groups is 1. The summed E-state index contributed by atoms with van der Waals surface area (Å²) < 4.78 is 5.38. The van der Waals surface area contributed by atoms with E-state index in [0.29, 0.717) is 19.2 Å². The third kappa shape index (κ3) is 3.96. The highest BCUT2D eigenvalue weighted by Crippen LogP contribution is 2.34. The van der Waals surface area contributed by atoms with E-state index in [4.69, 9.17) is 4.74 Å². The van der Waals surface area contributed by atoms with Crippen molar-refractivity contribution in [1.82, 2.24) is 10.2 Å². The number of amides is 1. The van der Waals surface area contributed by atoms with Gasteiger partial charge >= 0.3 is 0 Å². The van der Waals surface area contributed by atoms with Crippen LogP contribution in [-0.2, 0) is 9.53 Å². The molecule has 0 aromatic carbocycles. The largest absolute Gasteiger partial charge is 0.395 e. The van der Waals surface area contributed by atoms with E-state index < -0.39 is 5.41 Å². The Kier molecular flexibility index (Phi) is 6.45. The molecule has 5 heteroatoms. The molecule has 2 aliphatic rings. The molecule has 2 rings (SSSR count). The maximum absolute atomic E-state index is 13.2. The topological polar surface area (TPSA) is 61.8 Å². The van der Waals surface area contributed by atoms with Crippen molar-refractivity contribution in [3.05, 3.63) is 0 Å². The van der Waals surface area contributed by atoms with Crippen LogP contribution in [-0.4, -0.2) is 61.9 Å². The van der Waals surface area contributed by atoms with Crippen LogP contribution in [0.4, 0.5) is 0 Å². The van der Waals surface area contributed by atoms with Crippen LogP contribution in [0.2, 0.25) is 0 Å². The fourth-order valence-corrected chi connectivity index (χ4v) is 3.86. The van der Waals surface area contributed by atoms with E-state index in [9.17, 15) is 9.90 Å². The molecule has 0 aromatic rings. The second-order valence-electron chi connectivity index (χ2n) is 6.48. The number of carbonyl (C=O) groups excluding carboxylic acids is 1. The van der Waals surface area contributed by atoms with Crippen LogP contribution in [0.15, 0.2) is 0 Å². The molecule has 0 radical (unpaired) electrons. The van der Waals surface area contributed by atoms with Crippen molar-refractivity contribution >= 4 is 5.91 Å². The monoisotopic (exact) mass is 298 g/mol. The van der Waals surface area contributed by atoms with Crippen LogP contribution < -0.4 is 5.32 Å². The molecule has 1 aliphatic heterocycles. The third-order valence-corrected chi connectivity index (χ3v) is 5.05. The van der Waals surface area contributed by atoms with Crippen molar-refractivity contribution in [1.29, 1.82) is 0 Å². The van der Waals surface area contributed by atoms with Crippen molar-refractivity contribution in [3.8, 4) is 0 Å². The lowest BCUT2D eigenvalue weighted by atomic mass is 9.77. The van der Waals surface area contributed by atoms with Crippen molar-refractivity contribution in [2.24, 2.45) is 5.41 Å². The van der Waals surface area contributed by atoms with E-state index in [1.807, 2.05) is 4.90 Å². The molecule has 2 N–H and O–H groups in total. The number of aliphatic hydroxyl groups excluding tert-OH is 1. The van der Waals surface area contributed by atoms with Crippen LogP contribution in [0.1, 0.15) is 44.9 Å². The van der Waals surface area contributed by atoms with E-state index in [1.165, 1.54) is 19.3 Å². The Bertz CT molecular complexity index is 318. The summed E-state index contributed by atoms with van der Waals surface area (Å²) in [7, 11) is 1.67. The molecule has 5 nitrogen and oxygen atoms in total. The van der Waals surface area contributed by atoms with Gasteiger partial charge in [0.05, 0.1) is 18.6 Å². The van der Waals surface area contributed by atoms with Gasteiger partial charge in [0.15, 0.2) is 0 Å². The normalized spacial score (nSPS) is 23.0. The van der Waals surface area contributed by atoms with Gasteiger partial charge in [0.2, 0.25) is 5.91 Å². The molecule has 1 amide bonds. The molecule has 1 saturated carbocycles. The number of ether oxygens (including phenoxy) is 1. The Hall–Kier alpha value is -0.650. The molecule has 0 spiro atoms. The molecular formula is C16H30N2O3. The predicted molar refractivity (Wildman–Crippen MR) is 82.1 cm³/mol. The van der Waals surface area contributed by atoms with Gasteiger partial charge in [0.1, 0.15) is 0 Å². The smallest absolute Gasteiger partial charge is 0.231 e. The summed E-state index contributed by atoms with van der Waals surface area (Å²) in [6.45, 7) is 2.73. The minimum absolute atomic E-state index is 0.0452. The zero-order valence-electron chi connectivity index (χ0n) is 13.3. The lowest BCUT2D eigenvalue weighted by Crippen LogP contribution is -2.55. The summed E-state index contributed by atoms with van der Waals surface area (Å²) in [5, 5.41) is 12.7. The first-order valence-electron chi connectivity index (χ1n) is 8.35. The zero-order chi connectivity index (χ0) is 15.1. The van der Waals surface area contributed by atoms with E-state index in [1.54, 1.807) is 7.11 Å². The summed E-state index contributed by atoms with van der Waals surface area (Å²) in [6.07, 6.45) is 7.46. The second kappa shape index (κ2) is 8.11. The summed E-state index contributed by atoms with van der Waals surface area (Å²) >= 11 is 0. The first-order valence-corrected chi connectivity index (χ1v) is 8.35. The van der Waals surface area contributed by atoms with Gasteiger partial charge in [0.25, 0.3) is 0 Å². The van der Waals surface area contributed by atoms with Crippen LogP contribution in [0.5, 0.6) is 0 Å². The van der Waals surface area contributed by atoms with E-state index >= 15 is 0 Å². The molecule has 1 saturated heterocycles. The third-order valence-electron chi connectivity index (χ3n) is 5.05. The molecule has 1 heterocycles. The minimum Gasteiger partial charge on any atom is -0.395 e. The SMILES string of the molecule is COCC1(C(=O)N(CCO)C2CCCCC2)CCNCC1. The standard InChI is InChI=1S/C16H30N2O3/c1-21-13-16(7-9-17-10-8-16)15(20)18(11-12-19)14-5-3-2-4-6-14/h14,17,19H,2-13H2,1H3. The average Bonchev–Trinajstić information content (AvgIpc) is 2.54. The number of nitrogens with zero attached hydrogens (tertiary/aromatic N) is 1. The Morgan fingerprint density at radius 1 is 1.29 bits per heavy atom. The predicted octanol–water partition coefficient (Wildman–Crippen LogP) is 1.16. The lowest BCUT2D eigenvalue weighted by molar-refractivity contribution is -0.151. The Labute approximate surface area is 128 Å². The first-order chi connectivity index (χ1) is 10.2. The van der Waals surface area contributed by atoms with Gasteiger partial charge in [-0.1, -0.05) is 19.3 Å². The number of rotatable bonds is 6. The van der Waals surface area contributed by atoms with Crippen molar-refractivity contribution < 1.29 is 14.6 Å². The highest BCUT2D eigenvalue weighted by molar-refractivity contribution is 5.83. The number of methoxy groups -OCH3 is 1. The quantitative estimate of drug-likeness (QED) is 0.772. The van der Waals surface area contributed by atoms with Gasteiger partial charge in [-0.2, -0.15) is 0 Å². The van der Waals surface area contributed by atoms with Crippen molar-refractivity contribution in [2.45, 2.75) is 51.0 Å². The van der Waals surface area contributed by atoms with Crippen LogP contribution in [0, 0.1) is 5.41 Å². The number of aliphatic hydroxyl groups is 1. The summed E-state index contributed by atoms with van der Waals surface area (Å²) in [4.78, 5) is 15.2. The number of hydrogen-bond donors (Lipinski definition) is 2. The molecule has 1 aliphatic carbocycles. The van der Waals surface area contributed by atoms with E-state index in [-0.39, 0.29) is 12.5 Å². The van der Waals surface area contributed by atoms with Gasteiger partial charge < -0.3 is 20.1 Å². The van der Waals surface area contributed by atoms with Gasteiger partial charge in [-0.15, -0.1) is 0 Å². The minimum atomic E-state index is -0.396. The molecule has 0 bridgehead atoms. The number of hydrogen-bond acceptors (Lipinski definition) is 4. The molecule has 0 unspecified atom stereocenters. The van der Waals surface area contributed by atoms with E-state index in [0.717, 1.165) is 38.8 Å². The molecule has 0 aromatic heterocycles. The molecule has 2 fully saturated rings.